The molecule has 3 aromatic rings. The van der Waals surface area contributed by atoms with Crippen LogP contribution in [-0.4, -0.2) is 42.9 Å². The van der Waals surface area contributed by atoms with Crippen molar-refractivity contribution in [1.82, 2.24) is 4.57 Å². The fourth-order valence-electron chi connectivity index (χ4n) is 3.98. The van der Waals surface area contributed by atoms with Gasteiger partial charge in [-0.15, -0.1) is 0 Å². The summed E-state index contributed by atoms with van der Waals surface area (Å²) in [5.41, 5.74) is 3.94. The summed E-state index contributed by atoms with van der Waals surface area (Å²) in [6.07, 6.45) is 0.724. The summed E-state index contributed by atoms with van der Waals surface area (Å²) in [7, 11) is 3.21. The van der Waals surface area contributed by atoms with Gasteiger partial charge in [0.1, 0.15) is 0 Å². The molecule has 0 saturated heterocycles. The van der Waals surface area contributed by atoms with E-state index in [1.807, 2.05) is 44.2 Å². The van der Waals surface area contributed by atoms with Crippen molar-refractivity contribution in [1.29, 1.82) is 0 Å². The molecule has 0 bridgehead atoms. The van der Waals surface area contributed by atoms with Gasteiger partial charge in [-0.25, -0.2) is 0 Å². The van der Waals surface area contributed by atoms with Crippen molar-refractivity contribution in [2.75, 3.05) is 20.8 Å². The zero-order valence-corrected chi connectivity index (χ0v) is 20.6. The Morgan fingerprint density at radius 3 is 2.23 bits per heavy atom. The number of esters is 1. The first-order valence-corrected chi connectivity index (χ1v) is 11.5. The molecule has 1 aromatic heterocycles. The number of carbonyl (C=O) groups excluding carboxylic acids is 3. The van der Waals surface area contributed by atoms with Crippen LogP contribution in [0.25, 0.3) is 0 Å². The van der Waals surface area contributed by atoms with Gasteiger partial charge in [-0.1, -0.05) is 36.4 Å². The van der Waals surface area contributed by atoms with E-state index in [0.29, 0.717) is 29.2 Å². The molecule has 2 aromatic carbocycles. The zero-order valence-electron chi connectivity index (χ0n) is 20.6. The lowest BCUT2D eigenvalue weighted by atomic mass is 10.1. The molecule has 0 atom stereocenters. The van der Waals surface area contributed by atoms with E-state index < -0.39 is 5.97 Å². The SMILES string of the molecule is COc1ccc(CCn2c(C)cc(C(=O)COC(=O)CCC(=O)c3ccccc3)c2C)cc1OC. The van der Waals surface area contributed by atoms with Gasteiger partial charge in [-0.05, 0) is 44.0 Å². The number of nitrogens with zero attached hydrogens (tertiary/aromatic N) is 1. The molecule has 0 amide bonds. The Morgan fingerprint density at radius 2 is 1.54 bits per heavy atom. The minimum absolute atomic E-state index is 0.0433. The topological polar surface area (TPSA) is 83.8 Å². The van der Waals surface area contributed by atoms with E-state index in [1.165, 1.54) is 0 Å². The van der Waals surface area contributed by atoms with E-state index in [0.717, 1.165) is 23.4 Å². The number of benzene rings is 2. The first-order chi connectivity index (χ1) is 16.8. The summed E-state index contributed by atoms with van der Waals surface area (Å²) < 4.78 is 17.9. The fraction of sp³-hybridized carbons (Fsp3) is 0.321. The molecule has 3 rings (SSSR count). The molecule has 35 heavy (non-hydrogen) atoms. The van der Waals surface area contributed by atoms with Crippen LogP contribution in [0.5, 0.6) is 11.5 Å². The minimum Gasteiger partial charge on any atom is -0.493 e. The lowest BCUT2D eigenvalue weighted by Gasteiger charge is -2.12. The van der Waals surface area contributed by atoms with Crippen molar-refractivity contribution >= 4 is 17.5 Å². The van der Waals surface area contributed by atoms with E-state index in [-0.39, 0.29) is 31.0 Å². The normalized spacial score (nSPS) is 10.6. The number of methoxy groups -OCH3 is 2. The van der Waals surface area contributed by atoms with Gasteiger partial charge in [0, 0.05) is 35.5 Å². The molecule has 0 spiro atoms. The zero-order chi connectivity index (χ0) is 25.4. The van der Waals surface area contributed by atoms with Crippen molar-refractivity contribution in [3.8, 4) is 11.5 Å². The van der Waals surface area contributed by atoms with Crippen molar-refractivity contribution in [3.63, 3.8) is 0 Å². The Bertz CT molecular complexity index is 1200. The van der Waals surface area contributed by atoms with E-state index in [4.69, 9.17) is 14.2 Å². The van der Waals surface area contributed by atoms with Crippen LogP contribution in [0.2, 0.25) is 0 Å². The van der Waals surface area contributed by atoms with Gasteiger partial charge in [0.05, 0.1) is 20.6 Å². The third kappa shape index (κ3) is 6.59. The molecule has 1 heterocycles. The number of rotatable bonds is 12. The van der Waals surface area contributed by atoms with Crippen LogP contribution >= 0.6 is 0 Å². The predicted molar refractivity (Wildman–Crippen MR) is 132 cm³/mol. The fourth-order valence-corrected chi connectivity index (χ4v) is 3.98. The highest BCUT2D eigenvalue weighted by atomic mass is 16.5. The summed E-state index contributed by atoms with van der Waals surface area (Å²) in [5, 5.41) is 0. The van der Waals surface area contributed by atoms with E-state index in [9.17, 15) is 14.4 Å². The quantitative estimate of drug-likeness (QED) is 0.276. The van der Waals surface area contributed by atoms with Crippen LogP contribution in [0.4, 0.5) is 0 Å². The first kappa shape index (κ1) is 25.7. The summed E-state index contributed by atoms with van der Waals surface area (Å²) in [5.74, 6) is 0.389. The van der Waals surface area contributed by atoms with Crippen LogP contribution in [0.3, 0.4) is 0 Å². The smallest absolute Gasteiger partial charge is 0.306 e. The first-order valence-electron chi connectivity index (χ1n) is 11.5. The minimum atomic E-state index is -0.565. The molecule has 0 N–H and O–H groups in total. The molecule has 184 valence electrons. The number of carbonyl (C=O) groups is 3. The van der Waals surface area contributed by atoms with Crippen molar-refractivity contribution < 1.29 is 28.6 Å². The van der Waals surface area contributed by atoms with Gasteiger partial charge >= 0.3 is 5.97 Å². The summed E-state index contributed by atoms with van der Waals surface area (Å²) in [6.45, 7) is 4.16. The summed E-state index contributed by atoms with van der Waals surface area (Å²) >= 11 is 0. The number of Topliss-reactive ketones (excluding diaryl/α,β-unsaturated/α-hetero) is 2. The average Bonchev–Trinajstić information content (AvgIpc) is 3.17. The number of hydrogen-bond donors (Lipinski definition) is 0. The summed E-state index contributed by atoms with van der Waals surface area (Å²) in [6, 6.07) is 16.4. The third-order valence-corrected chi connectivity index (χ3v) is 5.96. The molecule has 7 nitrogen and oxygen atoms in total. The molecule has 0 unspecified atom stereocenters. The van der Waals surface area contributed by atoms with Crippen LogP contribution in [0, 0.1) is 13.8 Å². The van der Waals surface area contributed by atoms with E-state index >= 15 is 0 Å². The second kappa shape index (κ2) is 12.0. The summed E-state index contributed by atoms with van der Waals surface area (Å²) in [4.78, 5) is 36.9. The molecule has 0 saturated carbocycles. The number of ether oxygens (including phenoxy) is 3. The number of hydrogen-bond acceptors (Lipinski definition) is 6. The number of ketones is 2. The average molecular weight is 478 g/mol. The molecule has 0 fully saturated rings. The lowest BCUT2D eigenvalue weighted by Crippen LogP contribution is -2.16. The van der Waals surface area contributed by atoms with Crippen LogP contribution in [-0.2, 0) is 22.5 Å². The van der Waals surface area contributed by atoms with Gasteiger partial charge in [0.2, 0.25) is 5.78 Å². The van der Waals surface area contributed by atoms with Crippen molar-refractivity contribution in [2.24, 2.45) is 0 Å². The van der Waals surface area contributed by atoms with Crippen molar-refractivity contribution in [3.05, 3.63) is 82.7 Å². The number of aryl methyl sites for hydroxylation is 2. The third-order valence-electron chi connectivity index (χ3n) is 5.96. The molecule has 0 radical (unpaired) electrons. The monoisotopic (exact) mass is 477 g/mol. The standard InChI is InChI=1S/C28H31NO6/c1-19-16-23(20(2)29(19)15-14-21-10-12-26(33-3)27(17-21)34-4)25(31)18-35-28(32)13-11-24(30)22-8-6-5-7-9-22/h5-10,12,16-17H,11,13-15,18H2,1-4H3. The lowest BCUT2D eigenvalue weighted by molar-refractivity contribution is -0.142. The Balaban J connectivity index is 1.54. The van der Waals surface area contributed by atoms with E-state index in [1.54, 1.807) is 38.5 Å². The maximum absolute atomic E-state index is 12.7. The second-order valence-electron chi connectivity index (χ2n) is 8.25. The Kier molecular flexibility index (Phi) is 8.84. The molecule has 0 aliphatic carbocycles. The van der Waals surface area contributed by atoms with Crippen LogP contribution in [0.1, 0.15) is 50.5 Å². The van der Waals surface area contributed by atoms with E-state index in [2.05, 4.69) is 4.57 Å². The molecule has 0 aliphatic heterocycles. The highest BCUT2D eigenvalue weighted by Gasteiger charge is 2.18. The van der Waals surface area contributed by atoms with Crippen LogP contribution in [0.15, 0.2) is 54.6 Å². The maximum atomic E-state index is 12.7. The van der Waals surface area contributed by atoms with Gasteiger partial charge in [0.25, 0.3) is 0 Å². The highest BCUT2D eigenvalue weighted by molar-refractivity contribution is 6.00. The highest BCUT2D eigenvalue weighted by Crippen LogP contribution is 2.28. The van der Waals surface area contributed by atoms with Gasteiger partial charge in [-0.3, -0.25) is 14.4 Å². The van der Waals surface area contributed by atoms with Gasteiger partial charge in [-0.2, -0.15) is 0 Å². The van der Waals surface area contributed by atoms with Crippen molar-refractivity contribution in [2.45, 2.75) is 39.7 Å². The second-order valence-corrected chi connectivity index (χ2v) is 8.25. The number of aromatic nitrogens is 1. The van der Waals surface area contributed by atoms with Crippen LogP contribution < -0.4 is 9.47 Å². The molecule has 0 aliphatic rings. The maximum Gasteiger partial charge on any atom is 0.306 e. The predicted octanol–water partition coefficient (Wildman–Crippen LogP) is 4.75. The largest absolute Gasteiger partial charge is 0.493 e. The molecular formula is C28H31NO6. The van der Waals surface area contributed by atoms with Gasteiger partial charge in [0.15, 0.2) is 23.9 Å². The Labute approximate surface area is 205 Å². The Morgan fingerprint density at radius 1 is 0.829 bits per heavy atom. The Hall–Kier alpha value is -3.87. The van der Waals surface area contributed by atoms with Gasteiger partial charge < -0.3 is 18.8 Å². The molecule has 7 heteroatoms. The molecular weight excluding hydrogens is 446 g/mol.